The van der Waals surface area contributed by atoms with E-state index in [1.54, 1.807) is 24.3 Å². The van der Waals surface area contributed by atoms with Gasteiger partial charge >= 0.3 is 0 Å². The smallest absolute Gasteiger partial charge is 0.255 e. The normalized spacial score (nSPS) is 10.2. The van der Waals surface area contributed by atoms with Crippen molar-refractivity contribution in [3.63, 3.8) is 0 Å². The molecule has 2 N–H and O–H groups in total. The third kappa shape index (κ3) is 3.86. The van der Waals surface area contributed by atoms with E-state index in [1.807, 2.05) is 25.1 Å². The van der Waals surface area contributed by atoms with E-state index < -0.39 is 0 Å². The van der Waals surface area contributed by atoms with Gasteiger partial charge in [-0.2, -0.15) is 0 Å². The number of hydrogen-bond acceptors (Lipinski definition) is 2. The minimum atomic E-state index is -0.131. The van der Waals surface area contributed by atoms with Crippen molar-refractivity contribution in [2.75, 3.05) is 17.2 Å². The van der Waals surface area contributed by atoms with Gasteiger partial charge in [-0.05, 0) is 72.0 Å². The lowest BCUT2D eigenvalue weighted by Gasteiger charge is -2.09. The summed E-state index contributed by atoms with van der Waals surface area (Å²) in [4.78, 5) is 12.2. The molecule has 0 bridgehead atoms. The predicted molar refractivity (Wildman–Crippen MR) is 92.7 cm³/mol. The minimum absolute atomic E-state index is 0.131. The molecule has 0 heterocycles. The molecule has 0 aromatic heterocycles. The van der Waals surface area contributed by atoms with E-state index in [1.165, 1.54) is 0 Å². The first-order chi connectivity index (χ1) is 9.60. The van der Waals surface area contributed by atoms with E-state index in [9.17, 15) is 4.79 Å². The average molecular weight is 401 g/mol. The summed E-state index contributed by atoms with van der Waals surface area (Å²) >= 11 is 8.04. The van der Waals surface area contributed by atoms with Gasteiger partial charge in [0, 0.05) is 26.4 Å². The lowest BCUT2D eigenvalue weighted by molar-refractivity contribution is 0.102. The molecular formula is C15H14ClIN2O. The lowest BCUT2D eigenvalue weighted by Crippen LogP contribution is -2.12. The SMILES string of the molecule is CCNc1ccc(C(=O)Nc2ccc(Cl)cc2I)cc1. The number of anilines is 2. The molecule has 2 aromatic rings. The van der Waals surface area contributed by atoms with Gasteiger partial charge in [-0.3, -0.25) is 4.79 Å². The first-order valence-corrected chi connectivity index (χ1v) is 7.66. The summed E-state index contributed by atoms with van der Waals surface area (Å²) in [6.45, 7) is 2.89. The fourth-order valence-electron chi connectivity index (χ4n) is 1.73. The predicted octanol–water partition coefficient (Wildman–Crippen LogP) is 4.63. The largest absolute Gasteiger partial charge is 0.385 e. The van der Waals surface area contributed by atoms with Crippen molar-refractivity contribution in [3.05, 3.63) is 56.6 Å². The van der Waals surface area contributed by atoms with Crippen LogP contribution in [0.5, 0.6) is 0 Å². The highest BCUT2D eigenvalue weighted by Gasteiger charge is 2.08. The van der Waals surface area contributed by atoms with Gasteiger partial charge in [0.2, 0.25) is 0 Å². The van der Waals surface area contributed by atoms with Crippen molar-refractivity contribution < 1.29 is 4.79 Å². The highest BCUT2D eigenvalue weighted by Crippen LogP contribution is 2.23. The zero-order valence-electron chi connectivity index (χ0n) is 10.9. The van der Waals surface area contributed by atoms with Crippen molar-refractivity contribution in [3.8, 4) is 0 Å². The minimum Gasteiger partial charge on any atom is -0.385 e. The molecule has 1 amide bonds. The number of hydrogen-bond donors (Lipinski definition) is 2. The molecule has 0 saturated carbocycles. The third-order valence-corrected chi connectivity index (χ3v) is 3.83. The maximum Gasteiger partial charge on any atom is 0.255 e. The molecule has 104 valence electrons. The molecule has 0 unspecified atom stereocenters. The number of rotatable bonds is 4. The summed E-state index contributed by atoms with van der Waals surface area (Å²) in [6.07, 6.45) is 0. The molecular weight excluding hydrogens is 387 g/mol. The fraction of sp³-hybridized carbons (Fsp3) is 0.133. The molecule has 0 aliphatic carbocycles. The Morgan fingerprint density at radius 3 is 2.50 bits per heavy atom. The molecule has 0 fully saturated rings. The molecule has 3 nitrogen and oxygen atoms in total. The standard InChI is InChI=1S/C15H14ClIN2O/c1-2-18-12-6-3-10(4-7-12)15(20)19-14-8-5-11(16)9-13(14)17/h3-9,18H,2H2,1H3,(H,19,20). The molecule has 20 heavy (non-hydrogen) atoms. The maximum absolute atomic E-state index is 12.2. The van der Waals surface area contributed by atoms with E-state index >= 15 is 0 Å². The highest BCUT2D eigenvalue weighted by molar-refractivity contribution is 14.1. The van der Waals surface area contributed by atoms with Crippen LogP contribution in [-0.4, -0.2) is 12.5 Å². The Morgan fingerprint density at radius 1 is 1.20 bits per heavy atom. The Bertz CT molecular complexity index is 614. The Morgan fingerprint density at radius 2 is 1.90 bits per heavy atom. The second kappa shape index (κ2) is 6.95. The van der Waals surface area contributed by atoms with E-state index in [2.05, 4.69) is 33.2 Å². The molecule has 0 spiro atoms. The number of amides is 1. The highest BCUT2D eigenvalue weighted by atomic mass is 127. The Hall–Kier alpha value is -1.27. The van der Waals surface area contributed by atoms with E-state index in [0.29, 0.717) is 10.6 Å². The first-order valence-electron chi connectivity index (χ1n) is 6.20. The van der Waals surface area contributed by atoms with Crippen molar-refractivity contribution in [1.29, 1.82) is 0 Å². The number of benzene rings is 2. The average Bonchev–Trinajstić information content (AvgIpc) is 2.43. The monoisotopic (exact) mass is 400 g/mol. The van der Waals surface area contributed by atoms with Crippen LogP contribution in [0.1, 0.15) is 17.3 Å². The van der Waals surface area contributed by atoms with Crippen LogP contribution in [0.4, 0.5) is 11.4 Å². The summed E-state index contributed by atoms with van der Waals surface area (Å²) in [5.74, 6) is -0.131. The molecule has 2 rings (SSSR count). The summed E-state index contributed by atoms with van der Waals surface area (Å²) in [7, 11) is 0. The zero-order valence-corrected chi connectivity index (χ0v) is 13.8. The second-order valence-corrected chi connectivity index (χ2v) is 5.78. The molecule has 0 saturated heterocycles. The van der Waals surface area contributed by atoms with Crippen LogP contribution in [-0.2, 0) is 0 Å². The van der Waals surface area contributed by atoms with Gasteiger partial charge in [0.1, 0.15) is 0 Å². The molecule has 2 aromatic carbocycles. The molecule has 0 aliphatic rings. The van der Waals surface area contributed by atoms with Crippen LogP contribution >= 0.6 is 34.2 Å². The van der Waals surface area contributed by atoms with Gasteiger partial charge in [-0.25, -0.2) is 0 Å². The number of halogens is 2. The van der Waals surface area contributed by atoms with Crippen molar-refractivity contribution in [2.24, 2.45) is 0 Å². The van der Waals surface area contributed by atoms with Gasteiger partial charge in [-0.15, -0.1) is 0 Å². The molecule has 0 radical (unpaired) electrons. The molecule has 0 atom stereocenters. The fourth-order valence-corrected chi connectivity index (χ4v) is 2.74. The summed E-state index contributed by atoms with van der Waals surface area (Å²) in [5, 5.41) is 6.73. The zero-order chi connectivity index (χ0) is 14.5. The maximum atomic E-state index is 12.2. The van der Waals surface area contributed by atoms with Gasteiger partial charge in [-0.1, -0.05) is 11.6 Å². The summed E-state index contributed by atoms with van der Waals surface area (Å²) < 4.78 is 0.910. The van der Waals surface area contributed by atoms with E-state index in [-0.39, 0.29) is 5.91 Å². The van der Waals surface area contributed by atoms with E-state index in [4.69, 9.17) is 11.6 Å². The van der Waals surface area contributed by atoms with Crippen molar-refractivity contribution in [1.82, 2.24) is 0 Å². The number of carbonyl (C=O) groups is 1. The lowest BCUT2D eigenvalue weighted by atomic mass is 10.2. The Kier molecular flexibility index (Phi) is 5.25. The second-order valence-electron chi connectivity index (χ2n) is 4.19. The van der Waals surface area contributed by atoms with Crippen LogP contribution in [0.2, 0.25) is 5.02 Å². The van der Waals surface area contributed by atoms with Gasteiger partial charge in [0.25, 0.3) is 5.91 Å². The molecule has 0 aliphatic heterocycles. The van der Waals surface area contributed by atoms with Crippen LogP contribution < -0.4 is 10.6 Å². The summed E-state index contributed by atoms with van der Waals surface area (Å²) in [6, 6.07) is 12.8. The van der Waals surface area contributed by atoms with Crippen LogP contribution in [0.15, 0.2) is 42.5 Å². The third-order valence-electron chi connectivity index (χ3n) is 2.71. The summed E-state index contributed by atoms with van der Waals surface area (Å²) in [5.41, 5.74) is 2.39. The first kappa shape index (κ1) is 15.1. The Balaban J connectivity index is 2.11. The quantitative estimate of drug-likeness (QED) is 0.735. The van der Waals surface area contributed by atoms with Crippen LogP contribution in [0.3, 0.4) is 0 Å². The Labute approximate surface area is 136 Å². The van der Waals surface area contributed by atoms with Gasteiger partial charge < -0.3 is 10.6 Å². The van der Waals surface area contributed by atoms with Crippen LogP contribution in [0, 0.1) is 3.57 Å². The van der Waals surface area contributed by atoms with Gasteiger partial charge in [0.15, 0.2) is 0 Å². The van der Waals surface area contributed by atoms with Gasteiger partial charge in [0.05, 0.1) is 5.69 Å². The number of carbonyl (C=O) groups excluding carboxylic acids is 1. The van der Waals surface area contributed by atoms with Crippen molar-refractivity contribution >= 4 is 51.5 Å². The van der Waals surface area contributed by atoms with Crippen LogP contribution in [0.25, 0.3) is 0 Å². The van der Waals surface area contributed by atoms with E-state index in [0.717, 1.165) is 21.5 Å². The molecule has 5 heteroatoms. The van der Waals surface area contributed by atoms with Crippen molar-refractivity contribution in [2.45, 2.75) is 6.92 Å². The topological polar surface area (TPSA) is 41.1 Å². The number of nitrogens with one attached hydrogen (secondary N) is 2.